The first-order valence-corrected chi connectivity index (χ1v) is 3.34. The van der Waals surface area contributed by atoms with Crippen LogP contribution in [0.4, 0.5) is 0 Å². The van der Waals surface area contributed by atoms with Crippen molar-refractivity contribution in [1.29, 1.82) is 0 Å². The van der Waals surface area contributed by atoms with Crippen LogP contribution in [-0.4, -0.2) is 28.3 Å². The summed E-state index contributed by atoms with van der Waals surface area (Å²) >= 11 is 2.17. The Morgan fingerprint density at radius 1 is 1.57 bits per heavy atom. The van der Waals surface area contributed by atoms with Crippen molar-refractivity contribution in [3.63, 3.8) is 0 Å². The summed E-state index contributed by atoms with van der Waals surface area (Å²) in [6.45, 7) is 0. The standard InChI is InChI=1S/CH4NO2S.CH2.Al/c1-2-5(3)4;;/h1H3,(H,2,3,4);1H2;/q-1;;. The van der Waals surface area contributed by atoms with Crippen LogP contribution < -0.4 is 4.72 Å². The van der Waals surface area contributed by atoms with E-state index in [1.165, 1.54) is 7.05 Å². The number of hydrogen-bond acceptors (Lipinski definition) is 3. The summed E-state index contributed by atoms with van der Waals surface area (Å²) in [6, 6.07) is 0. The molecular formula is C2H6AlNO2S-. The van der Waals surface area contributed by atoms with Crippen molar-refractivity contribution >= 4 is 32.1 Å². The van der Waals surface area contributed by atoms with Crippen LogP contribution in [0.5, 0.6) is 0 Å². The van der Waals surface area contributed by atoms with Crippen LogP contribution in [0, 0.1) is 0 Å². The summed E-state index contributed by atoms with van der Waals surface area (Å²) < 4.78 is 20.5. The van der Waals surface area contributed by atoms with Crippen molar-refractivity contribution in [2.75, 3.05) is 7.05 Å². The van der Waals surface area contributed by atoms with Gasteiger partial charge in [0.05, 0.1) is 0 Å². The molecule has 1 radical (unpaired) electrons. The van der Waals surface area contributed by atoms with E-state index in [1.54, 1.807) is 0 Å². The molecule has 0 aliphatic heterocycles. The molecule has 0 bridgehead atoms. The average molecular weight is 135 g/mol. The van der Waals surface area contributed by atoms with Crippen LogP contribution in [0.15, 0.2) is 0 Å². The molecule has 0 aromatic heterocycles. The molecule has 7 heavy (non-hydrogen) atoms. The molecule has 0 saturated heterocycles. The van der Waals surface area contributed by atoms with Gasteiger partial charge in [-0.25, -0.2) is 0 Å². The van der Waals surface area contributed by atoms with Crippen LogP contribution in [-0.2, 0) is 19.3 Å². The van der Waals surface area contributed by atoms with Crippen molar-refractivity contribution in [3.05, 3.63) is 0 Å². The molecular weight excluding hydrogens is 129 g/mol. The second-order valence-corrected chi connectivity index (χ2v) is 1.32. The molecule has 0 aromatic carbocycles. The first kappa shape index (κ1) is 10.3. The molecule has 0 saturated carbocycles. The summed E-state index contributed by atoms with van der Waals surface area (Å²) in [4.78, 5) is 0. The van der Waals surface area contributed by atoms with Crippen molar-refractivity contribution in [3.8, 4) is 0 Å². The van der Waals surface area contributed by atoms with Crippen LogP contribution >= 0.6 is 0 Å². The quantitative estimate of drug-likeness (QED) is 0.371. The number of rotatable bonds is 1. The second-order valence-electron chi connectivity index (χ2n) is 0.439. The van der Waals surface area contributed by atoms with E-state index in [-0.39, 0.29) is 0 Å². The molecule has 0 spiro atoms. The summed E-state index contributed by atoms with van der Waals surface area (Å²) in [5.74, 6) is 0. The molecule has 0 amide bonds. The van der Waals surface area contributed by atoms with Gasteiger partial charge in [-0.2, -0.15) is 0 Å². The second kappa shape index (κ2) is 9.58. The van der Waals surface area contributed by atoms with E-state index in [0.717, 1.165) is 0 Å². The third-order valence-corrected chi connectivity index (χ3v) is 0.500. The zero-order chi connectivity index (χ0) is 6.28. The molecule has 0 atom stereocenters. The predicted molar refractivity (Wildman–Crippen MR) is 30.7 cm³/mol. The Balaban J connectivity index is 0. The van der Waals surface area contributed by atoms with Gasteiger partial charge >= 0.3 is 21.2 Å². The Bertz CT molecular complexity index is 83.7. The van der Waals surface area contributed by atoms with E-state index in [9.17, 15) is 8.42 Å². The van der Waals surface area contributed by atoms with Crippen LogP contribution in [0.2, 0.25) is 0 Å². The SMILES string of the molecule is CN[S-](=O)=O.[CH2]=[Al]. The minimum atomic E-state index is -2.07. The topological polar surface area (TPSA) is 46.2 Å². The third-order valence-electron chi connectivity index (χ3n) is 0.167. The normalized spacial score (nSPS) is 7.00. The Hall–Kier alpha value is 0.312. The molecule has 0 heterocycles. The average Bonchev–Trinajstić information content (AvgIpc) is 1.73. The van der Waals surface area contributed by atoms with Crippen molar-refractivity contribution in [2.45, 2.75) is 0 Å². The van der Waals surface area contributed by atoms with E-state index in [0.29, 0.717) is 0 Å². The van der Waals surface area contributed by atoms with Gasteiger partial charge < -0.3 is 13.1 Å². The van der Waals surface area contributed by atoms with E-state index in [4.69, 9.17) is 0 Å². The molecule has 0 rings (SSSR count). The fourth-order valence-electron chi connectivity index (χ4n) is 0. The minimum absolute atomic E-state index is 1.34. The summed E-state index contributed by atoms with van der Waals surface area (Å²) in [5.41, 5.74) is 0. The molecule has 5 heteroatoms. The van der Waals surface area contributed by atoms with Crippen molar-refractivity contribution < 1.29 is 8.42 Å². The zero-order valence-corrected chi connectivity index (χ0v) is 5.98. The van der Waals surface area contributed by atoms with Crippen molar-refractivity contribution in [2.24, 2.45) is 0 Å². The Morgan fingerprint density at radius 2 is 1.71 bits per heavy atom. The van der Waals surface area contributed by atoms with Crippen molar-refractivity contribution in [1.82, 2.24) is 4.72 Å². The summed E-state index contributed by atoms with van der Waals surface area (Å²) in [6.07, 6.45) is 0. The van der Waals surface area contributed by atoms with Gasteiger partial charge in [-0.15, -0.1) is 0 Å². The number of nitrogens with one attached hydrogen (secondary N) is 1. The van der Waals surface area contributed by atoms with Gasteiger partial charge in [0.25, 0.3) is 0 Å². The van der Waals surface area contributed by atoms with Gasteiger partial charge in [0.2, 0.25) is 0 Å². The monoisotopic (exact) mass is 135 g/mol. The zero-order valence-electron chi connectivity index (χ0n) is 4.01. The molecule has 0 fully saturated rings. The fraction of sp³-hybridized carbons (Fsp3) is 0.500. The van der Waals surface area contributed by atoms with Crippen LogP contribution in [0.1, 0.15) is 0 Å². The Labute approximate surface area is 52.8 Å². The first-order valence-electron chi connectivity index (χ1n) is 1.45. The van der Waals surface area contributed by atoms with E-state index < -0.39 is 10.9 Å². The molecule has 41 valence electrons. The maximum absolute atomic E-state index is 9.26. The molecule has 1 N–H and O–H groups in total. The summed E-state index contributed by atoms with van der Waals surface area (Å²) in [7, 11) is -0.736. The van der Waals surface area contributed by atoms with Crippen LogP contribution in [0.3, 0.4) is 0 Å². The van der Waals surface area contributed by atoms with Gasteiger partial charge in [-0.1, -0.05) is 0 Å². The molecule has 0 aliphatic rings. The molecule has 3 nitrogen and oxygen atoms in total. The van der Waals surface area contributed by atoms with E-state index in [1.807, 2.05) is 4.72 Å². The fourth-order valence-corrected chi connectivity index (χ4v) is 0. The summed E-state index contributed by atoms with van der Waals surface area (Å²) in [5, 5.41) is 3.17. The van der Waals surface area contributed by atoms with Gasteiger partial charge in [0.15, 0.2) is 0 Å². The predicted octanol–water partition coefficient (Wildman–Crippen LogP) is -0.983. The first-order chi connectivity index (χ1) is 3.27. The number of hydrogen-bond donors (Lipinski definition) is 1. The van der Waals surface area contributed by atoms with E-state index >= 15 is 0 Å². The van der Waals surface area contributed by atoms with Gasteiger partial charge in [-0.3, -0.25) is 0 Å². The molecule has 0 aromatic rings. The molecule has 0 aliphatic carbocycles. The van der Waals surface area contributed by atoms with Gasteiger partial charge in [0, 0.05) is 0 Å². The Kier molecular flexibility index (Phi) is 14.1. The van der Waals surface area contributed by atoms with Crippen LogP contribution in [0.25, 0.3) is 0 Å². The van der Waals surface area contributed by atoms with E-state index in [2.05, 4.69) is 21.2 Å². The van der Waals surface area contributed by atoms with Gasteiger partial charge in [-0.05, 0) is 17.9 Å². The third kappa shape index (κ3) is 22.0. The molecule has 0 unspecified atom stereocenters. The maximum atomic E-state index is 9.26. The van der Waals surface area contributed by atoms with Gasteiger partial charge in [0.1, 0.15) is 0 Å². The Morgan fingerprint density at radius 3 is 1.71 bits per heavy atom.